The van der Waals surface area contributed by atoms with E-state index in [1.54, 1.807) is 6.07 Å². The standard InChI is InChI=1S/C10H10N2O3/c1-14-10-8(11-3-4-12-10)9(13)7-2-5-15-6-7/h2-6,9,13H,1H3. The molecule has 1 atom stereocenters. The number of aliphatic hydroxyl groups is 1. The Labute approximate surface area is 86.4 Å². The number of ether oxygens (including phenoxy) is 1. The molecule has 1 unspecified atom stereocenters. The van der Waals surface area contributed by atoms with Gasteiger partial charge in [0.1, 0.15) is 11.8 Å². The number of hydrogen-bond acceptors (Lipinski definition) is 5. The molecule has 0 fully saturated rings. The average molecular weight is 206 g/mol. The fourth-order valence-corrected chi connectivity index (χ4v) is 1.27. The summed E-state index contributed by atoms with van der Waals surface area (Å²) in [6, 6.07) is 1.67. The van der Waals surface area contributed by atoms with Crippen molar-refractivity contribution >= 4 is 0 Å². The predicted molar refractivity (Wildman–Crippen MR) is 51.4 cm³/mol. The number of methoxy groups -OCH3 is 1. The molecule has 0 aliphatic heterocycles. The molecule has 0 radical (unpaired) electrons. The van der Waals surface area contributed by atoms with Gasteiger partial charge in [-0.1, -0.05) is 0 Å². The molecule has 2 aromatic rings. The second-order valence-corrected chi connectivity index (χ2v) is 2.91. The number of rotatable bonds is 3. The van der Waals surface area contributed by atoms with E-state index in [1.807, 2.05) is 0 Å². The maximum atomic E-state index is 9.95. The maximum Gasteiger partial charge on any atom is 0.238 e. The summed E-state index contributed by atoms with van der Waals surface area (Å²) in [7, 11) is 1.48. The van der Waals surface area contributed by atoms with Crippen molar-refractivity contribution in [3.8, 4) is 5.88 Å². The van der Waals surface area contributed by atoms with Gasteiger partial charge in [0, 0.05) is 18.0 Å². The third-order valence-electron chi connectivity index (χ3n) is 2.00. The van der Waals surface area contributed by atoms with Crippen LogP contribution in [0.25, 0.3) is 0 Å². The zero-order valence-electron chi connectivity index (χ0n) is 8.12. The van der Waals surface area contributed by atoms with Gasteiger partial charge < -0.3 is 14.3 Å². The highest BCUT2D eigenvalue weighted by molar-refractivity contribution is 5.28. The van der Waals surface area contributed by atoms with E-state index >= 15 is 0 Å². The van der Waals surface area contributed by atoms with Gasteiger partial charge in [-0.15, -0.1) is 0 Å². The molecule has 0 aliphatic carbocycles. The van der Waals surface area contributed by atoms with Crippen molar-refractivity contribution in [1.29, 1.82) is 0 Å². The van der Waals surface area contributed by atoms with Crippen molar-refractivity contribution in [3.63, 3.8) is 0 Å². The van der Waals surface area contributed by atoms with Crippen molar-refractivity contribution < 1.29 is 14.3 Å². The molecule has 2 heterocycles. The number of furan rings is 1. The summed E-state index contributed by atoms with van der Waals surface area (Å²) in [5, 5.41) is 9.95. The molecule has 0 saturated carbocycles. The lowest BCUT2D eigenvalue weighted by Gasteiger charge is -2.10. The first kappa shape index (κ1) is 9.67. The molecule has 15 heavy (non-hydrogen) atoms. The van der Waals surface area contributed by atoms with E-state index in [9.17, 15) is 5.11 Å². The van der Waals surface area contributed by atoms with Crippen LogP contribution in [0.3, 0.4) is 0 Å². The first-order valence-electron chi connectivity index (χ1n) is 4.38. The molecule has 0 spiro atoms. The van der Waals surface area contributed by atoms with E-state index in [0.29, 0.717) is 17.1 Å². The zero-order chi connectivity index (χ0) is 10.7. The Morgan fingerprint density at radius 1 is 1.40 bits per heavy atom. The van der Waals surface area contributed by atoms with Crippen molar-refractivity contribution in [2.45, 2.75) is 6.10 Å². The summed E-state index contributed by atoms with van der Waals surface area (Å²) >= 11 is 0. The van der Waals surface area contributed by atoms with Crippen LogP contribution in [0.2, 0.25) is 0 Å². The number of aromatic nitrogens is 2. The van der Waals surface area contributed by atoms with E-state index in [2.05, 4.69) is 9.97 Å². The van der Waals surface area contributed by atoms with Crippen molar-refractivity contribution in [1.82, 2.24) is 9.97 Å². The summed E-state index contributed by atoms with van der Waals surface area (Å²) in [5.74, 6) is 0.311. The van der Waals surface area contributed by atoms with Crippen LogP contribution >= 0.6 is 0 Å². The summed E-state index contributed by atoms with van der Waals surface area (Å²) in [5.41, 5.74) is 0.996. The van der Waals surface area contributed by atoms with Gasteiger partial charge in [-0.25, -0.2) is 4.98 Å². The second-order valence-electron chi connectivity index (χ2n) is 2.91. The molecular formula is C10H10N2O3. The lowest BCUT2D eigenvalue weighted by atomic mass is 10.1. The summed E-state index contributed by atoms with van der Waals surface area (Å²) in [6.07, 6.45) is 5.07. The van der Waals surface area contributed by atoms with E-state index in [0.717, 1.165) is 0 Å². The van der Waals surface area contributed by atoms with Gasteiger partial charge in [0.2, 0.25) is 5.88 Å². The summed E-state index contributed by atoms with van der Waals surface area (Å²) in [6.45, 7) is 0. The normalized spacial score (nSPS) is 12.4. The smallest absolute Gasteiger partial charge is 0.238 e. The molecule has 5 heteroatoms. The number of hydrogen-bond donors (Lipinski definition) is 1. The van der Waals surface area contributed by atoms with Gasteiger partial charge in [0.25, 0.3) is 0 Å². The van der Waals surface area contributed by atoms with Gasteiger partial charge in [-0.3, -0.25) is 4.98 Å². The van der Waals surface area contributed by atoms with Gasteiger partial charge in [0.15, 0.2) is 0 Å². The quantitative estimate of drug-likeness (QED) is 0.816. The summed E-state index contributed by atoms with van der Waals surface area (Å²) < 4.78 is 9.88. The monoisotopic (exact) mass is 206 g/mol. The average Bonchev–Trinajstić information content (AvgIpc) is 2.81. The Bertz CT molecular complexity index is 428. The molecule has 0 aliphatic rings. The van der Waals surface area contributed by atoms with Crippen LogP contribution in [-0.4, -0.2) is 22.2 Å². The highest BCUT2D eigenvalue weighted by atomic mass is 16.5. The van der Waals surface area contributed by atoms with Crippen LogP contribution in [0, 0.1) is 0 Å². The predicted octanol–water partition coefficient (Wildman–Crippen LogP) is 1.16. The summed E-state index contributed by atoms with van der Waals surface area (Å²) in [4.78, 5) is 7.98. The minimum absolute atomic E-state index is 0.311. The van der Waals surface area contributed by atoms with E-state index < -0.39 is 6.10 Å². The van der Waals surface area contributed by atoms with Crippen molar-refractivity contribution in [3.05, 3.63) is 42.2 Å². The van der Waals surface area contributed by atoms with Crippen LogP contribution < -0.4 is 4.74 Å². The molecule has 0 aromatic carbocycles. The third-order valence-corrected chi connectivity index (χ3v) is 2.00. The van der Waals surface area contributed by atoms with E-state index in [-0.39, 0.29) is 0 Å². The Morgan fingerprint density at radius 3 is 2.87 bits per heavy atom. The number of nitrogens with zero attached hydrogens (tertiary/aromatic N) is 2. The van der Waals surface area contributed by atoms with Gasteiger partial charge in [-0.2, -0.15) is 0 Å². The molecule has 0 bridgehead atoms. The van der Waals surface area contributed by atoms with Crippen LogP contribution in [0.4, 0.5) is 0 Å². The number of aliphatic hydroxyl groups excluding tert-OH is 1. The maximum absolute atomic E-state index is 9.95. The molecule has 2 aromatic heterocycles. The van der Waals surface area contributed by atoms with Gasteiger partial charge in [-0.05, 0) is 6.07 Å². The Kier molecular flexibility index (Phi) is 2.64. The second kappa shape index (κ2) is 4.10. The first-order valence-corrected chi connectivity index (χ1v) is 4.38. The van der Waals surface area contributed by atoms with Crippen LogP contribution in [-0.2, 0) is 0 Å². The Morgan fingerprint density at radius 2 is 2.20 bits per heavy atom. The van der Waals surface area contributed by atoms with Crippen LogP contribution in [0.15, 0.2) is 35.4 Å². The SMILES string of the molecule is COc1nccnc1C(O)c1ccoc1. The molecule has 0 amide bonds. The van der Waals surface area contributed by atoms with E-state index in [1.165, 1.54) is 32.0 Å². The fraction of sp³-hybridized carbons (Fsp3) is 0.200. The largest absolute Gasteiger partial charge is 0.480 e. The molecule has 2 rings (SSSR count). The van der Waals surface area contributed by atoms with Crippen molar-refractivity contribution in [2.24, 2.45) is 0 Å². The molecule has 78 valence electrons. The fourth-order valence-electron chi connectivity index (χ4n) is 1.27. The molecule has 1 N–H and O–H groups in total. The molecule has 0 saturated heterocycles. The van der Waals surface area contributed by atoms with E-state index in [4.69, 9.17) is 9.15 Å². The van der Waals surface area contributed by atoms with Gasteiger partial charge in [0.05, 0.1) is 19.6 Å². The lowest BCUT2D eigenvalue weighted by Crippen LogP contribution is -2.05. The highest BCUT2D eigenvalue weighted by Crippen LogP contribution is 2.25. The molecular weight excluding hydrogens is 196 g/mol. The topological polar surface area (TPSA) is 68.4 Å². The first-order chi connectivity index (χ1) is 7.33. The Balaban J connectivity index is 2.37. The third kappa shape index (κ3) is 1.82. The zero-order valence-corrected chi connectivity index (χ0v) is 8.12. The van der Waals surface area contributed by atoms with Crippen molar-refractivity contribution in [2.75, 3.05) is 7.11 Å². The lowest BCUT2D eigenvalue weighted by molar-refractivity contribution is 0.206. The molecule has 5 nitrogen and oxygen atoms in total. The Hall–Kier alpha value is -1.88. The van der Waals surface area contributed by atoms with Crippen LogP contribution in [0.5, 0.6) is 5.88 Å². The minimum Gasteiger partial charge on any atom is -0.480 e. The highest BCUT2D eigenvalue weighted by Gasteiger charge is 2.18. The van der Waals surface area contributed by atoms with Gasteiger partial charge >= 0.3 is 0 Å². The minimum atomic E-state index is -0.882. The van der Waals surface area contributed by atoms with Crippen LogP contribution in [0.1, 0.15) is 17.4 Å².